The summed E-state index contributed by atoms with van der Waals surface area (Å²) in [5.74, 6) is -1.95. The topological polar surface area (TPSA) is 128 Å². The van der Waals surface area contributed by atoms with Gasteiger partial charge in [0.05, 0.1) is 17.2 Å². The molecule has 10 heteroatoms. The van der Waals surface area contributed by atoms with Crippen LogP contribution in [-0.4, -0.2) is 77.1 Å². The second-order valence-corrected chi connectivity index (χ2v) is 9.06. The van der Waals surface area contributed by atoms with Gasteiger partial charge in [-0.15, -0.1) is 0 Å². The maximum absolute atomic E-state index is 13.0. The average molecular weight is 453 g/mol. The Morgan fingerprint density at radius 3 is 2.45 bits per heavy atom. The fourth-order valence-corrected chi connectivity index (χ4v) is 5.24. The number of amides is 5. The lowest BCUT2D eigenvalue weighted by molar-refractivity contribution is -0.136. The van der Waals surface area contributed by atoms with Gasteiger partial charge in [0, 0.05) is 25.6 Å². The van der Waals surface area contributed by atoms with E-state index >= 15 is 0 Å². The number of rotatable bonds is 5. The molecule has 4 heterocycles. The van der Waals surface area contributed by atoms with Gasteiger partial charge >= 0.3 is 0 Å². The highest BCUT2D eigenvalue weighted by molar-refractivity contribution is 6.23. The standard InChI is InChI=1S/C23H27N5O5/c29-19-4-3-18(20(30)26-19)28-21(31)15-2-1-13(11-16(15)22(28)32)12-25-17-7-10-27(23(17)33)14-5-8-24-9-6-14/h1-2,11,14,17-18,24-25H,3-10,12H2,(H,26,29,30). The smallest absolute Gasteiger partial charge is 0.262 e. The number of carbonyl (C=O) groups excluding carboxylic acids is 5. The van der Waals surface area contributed by atoms with E-state index in [2.05, 4.69) is 16.0 Å². The van der Waals surface area contributed by atoms with Gasteiger partial charge in [-0.1, -0.05) is 6.07 Å². The summed E-state index contributed by atoms with van der Waals surface area (Å²) in [5, 5.41) is 8.82. The molecule has 5 amide bonds. The number of benzene rings is 1. The molecule has 1 aromatic rings. The number of hydrogen-bond donors (Lipinski definition) is 3. The van der Waals surface area contributed by atoms with E-state index in [1.165, 1.54) is 0 Å². The predicted octanol–water partition coefficient (Wildman–Crippen LogP) is -0.470. The highest BCUT2D eigenvalue weighted by atomic mass is 16.2. The third kappa shape index (κ3) is 3.93. The molecule has 0 aromatic heterocycles. The monoisotopic (exact) mass is 453 g/mol. The van der Waals surface area contributed by atoms with Gasteiger partial charge in [0.1, 0.15) is 6.04 Å². The van der Waals surface area contributed by atoms with E-state index < -0.39 is 29.7 Å². The molecule has 0 spiro atoms. The van der Waals surface area contributed by atoms with Crippen molar-refractivity contribution in [2.75, 3.05) is 19.6 Å². The number of hydrogen-bond acceptors (Lipinski definition) is 7. The second kappa shape index (κ2) is 8.68. The Bertz CT molecular complexity index is 1030. The van der Waals surface area contributed by atoms with Gasteiger partial charge in [-0.05, 0) is 56.5 Å². The summed E-state index contributed by atoms with van der Waals surface area (Å²) in [7, 11) is 0. The fraction of sp³-hybridized carbons (Fsp3) is 0.522. The van der Waals surface area contributed by atoms with E-state index in [0.29, 0.717) is 12.6 Å². The van der Waals surface area contributed by atoms with Gasteiger partial charge in [-0.25, -0.2) is 0 Å². The van der Waals surface area contributed by atoms with Gasteiger partial charge in [0.15, 0.2) is 0 Å². The summed E-state index contributed by atoms with van der Waals surface area (Å²) in [6.07, 6.45) is 2.91. The first-order valence-electron chi connectivity index (χ1n) is 11.5. The molecular weight excluding hydrogens is 426 g/mol. The first-order valence-corrected chi connectivity index (χ1v) is 11.5. The van der Waals surface area contributed by atoms with Crippen molar-refractivity contribution < 1.29 is 24.0 Å². The minimum absolute atomic E-state index is 0.0861. The van der Waals surface area contributed by atoms with Gasteiger partial charge in [-0.2, -0.15) is 0 Å². The lowest BCUT2D eigenvalue weighted by Gasteiger charge is -2.31. The van der Waals surface area contributed by atoms with Crippen LogP contribution < -0.4 is 16.0 Å². The molecule has 10 nitrogen and oxygen atoms in total. The lowest BCUT2D eigenvalue weighted by atomic mass is 10.0. The van der Waals surface area contributed by atoms with E-state index in [1.54, 1.807) is 18.2 Å². The first kappa shape index (κ1) is 21.7. The zero-order chi connectivity index (χ0) is 23.1. The first-order chi connectivity index (χ1) is 15.9. The number of piperidine rings is 2. The third-order valence-corrected chi connectivity index (χ3v) is 7.05. The van der Waals surface area contributed by atoms with Crippen LogP contribution in [0, 0.1) is 0 Å². The van der Waals surface area contributed by atoms with Gasteiger partial charge in [-0.3, -0.25) is 34.2 Å². The predicted molar refractivity (Wildman–Crippen MR) is 116 cm³/mol. The quantitative estimate of drug-likeness (QED) is 0.514. The molecule has 33 heavy (non-hydrogen) atoms. The van der Waals surface area contributed by atoms with E-state index in [4.69, 9.17) is 0 Å². The molecule has 4 aliphatic rings. The summed E-state index contributed by atoms with van der Waals surface area (Å²) < 4.78 is 0. The van der Waals surface area contributed by atoms with Crippen molar-refractivity contribution in [3.05, 3.63) is 34.9 Å². The molecule has 2 unspecified atom stereocenters. The van der Waals surface area contributed by atoms with Crippen molar-refractivity contribution >= 4 is 29.5 Å². The van der Waals surface area contributed by atoms with E-state index in [1.807, 2.05) is 4.90 Å². The molecule has 0 saturated carbocycles. The van der Waals surface area contributed by atoms with Crippen molar-refractivity contribution in [2.24, 2.45) is 0 Å². The molecule has 3 fully saturated rings. The van der Waals surface area contributed by atoms with Crippen LogP contribution in [0.4, 0.5) is 0 Å². The Labute approximate surface area is 191 Å². The molecule has 0 bridgehead atoms. The SMILES string of the molecule is O=C1CCC(N2C(=O)c3ccc(CNC4CCN(C5CCNCC5)C4=O)cc3C2=O)C(=O)N1. The average Bonchev–Trinajstić information content (AvgIpc) is 3.30. The summed E-state index contributed by atoms with van der Waals surface area (Å²) in [4.78, 5) is 65.2. The fourth-order valence-electron chi connectivity index (χ4n) is 5.24. The van der Waals surface area contributed by atoms with Crippen LogP contribution in [0.3, 0.4) is 0 Å². The van der Waals surface area contributed by atoms with Crippen LogP contribution in [-0.2, 0) is 20.9 Å². The van der Waals surface area contributed by atoms with Crippen LogP contribution in [0.15, 0.2) is 18.2 Å². The Morgan fingerprint density at radius 2 is 1.70 bits per heavy atom. The summed E-state index contributed by atoms with van der Waals surface area (Å²) >= 11 is 0. The molecule has 1 aromatic carbocycles. The van der Waals surface area contributed by atoms with Gasteiger partial charge in [0.2, 0.25) is 17.7 Å². The zero-order valence-electron chi connectivity index (χ0n) is 18.3. The Balaban J connectivity index is 1.24. The number of imide groups is 2. The summed E-state index contributed by atoms with van der Waals surface area (Å²) in [6, 6.07) is 4.07. The van der Waals surface area contributed by atoms with E-state index in [-0.39, 0.29) is 35.9 Å². The third-order valence-electron chi connectivity index (χ3n) is 7.05. The molecular formula is C23H27N5O5. The van der Waals surface area contributed by atoms with Crippen molar-refractivity contribution in [2.45, 2.75) is 56.8 Å². The minimum Gasteiger partial charge on any atom is -0.338 e. The van der Waals surface area contributed by atoms with Crippen LogP contribution in [0.25, 0.3) is 0 Å². The van der Waals surface area contributed by atoms with Crippen LogP contribution in [0.2, 0.25) is 0 Å². The highest BCUT2D eigenvalue weighted by Crippen LogP contribution is 2.28. The van der Waals surface area contributed by atoms with Crippen LogP contribution in [0.5, 0.6) is 0 Å². The zero-order valence-corrected chi connectivity index (χ0v) is 18.3. The molecule has 3 N–H and O–H groups in total. The molecule has 5 rings (SSSR count). The summed E-state index contributed by atoms with van der Waals surface area (Å²) in [5.41, 5.74) is 1.29. The van der Waals surface area contributed by atoms with Crippen molar-refractivity contribution in [3.8, 4) is 0 Å². The normalized spacial score (nSPS) is 26.2. The number of carbonyl (C=O) groups is 5. The molecule has 0 radical (unpaired) electrons. The number of likely N-dealkylation sites (tertiary alicyclic amines) is 1. The molecule has 4 aliphatic heterocycles. The van der Waals surface area contributed by atoms with E-state index in [0.717, 1.165) is 49.4 Å². The Morgan fingerprint density at radius 1 is 0.939 bits per heavy atom. The number of fused-ring (bicyclic) bond motifs is 1. The van der Waals surface area contributed by atoms with Crippen molar-refractivity contribution in [1.82, 2.24) is 25.8 Å². The Kier molecular flexibility index (Phi) is 5.71. The lowest BCUT2D eigenvalue weighted by Crippen LogP contribution is -2.54. The Hall–Kier alpha value is -3.11. The van der Waals surface area contributed by atoms with Crippen molar-refractivity contribution in [1.29, 1.82) is 0 Å². The number of nitrogens with zero attached hydrogens (tertiary/aromatic N) is 2. The maximum Gasteiger partial charge on any atom is 0.262 e. The van der Waals surface area contributed by atoms with Gasteiger partial charge in [0.25, 0.3) is 11.8 Å². The highest BCUT2D eigenvalue weighted by Gasteiger charge is 2.44. The molecule has 2 atom stereocenters. The number of nitrogens with one attached hydrogen (secondary N) is 3. The van der Waals surface area contributed by atoms with Crippen LogP contribution >= 0.6 is 0 Å². The minimum atomic E-state index is -0.978. The van der Waals surface area contributed by atoms with Gasteiger partial charge < -0.3 is 15.5 Å². The summed E-state index contributed by atoms with van der Waals surface area (Å²) in [6.45, 7) is 3.01. The largest absolute Gasteiger partial charge is 0.338 e. The van der Waals surface area contributed by atoms with Crippen molar-refractivity contribution in [3.63, 3.8) is 0 Å². The molecule has 0 aliphatic carbocycles. The van der Waals surface area contributed by atoms with E-state index in [9.17, 15) is 24.0 Å². The molecule has 174 valence electrons. The maximum atomic E-state index is 13.0. The molecule has 3 saturated heterocycles. The van der Waals surface area contributed by atoms with Crippen LogP contribution in [0.1, 0.15) is 58.4 Å². The second-order valence-electron chi connectivity index (χ2n) is 9.06.